The lowest BCUT2D eigenvalue weighted by atomic mass is 9.90. The molecule has 0 amide bonds. The van der Waals surface area contributed by atoms with Crippen molar-refractivity contribution in [3.05, 3.63) is 64.8 Å². The minimum Gasteiger partial charge on any atom is -0.200 e. The standard InChI is InChI=1S/C25H32N/c1-7-19(8-2)21-10-11-23-22(16-21)12-13-26(6)25(23)24-15-17(4)14-20(9-3)18(24)5/h10-16,19H,7-9H2,1-6H3/q+1/i4D3,9D2. The first-order chi connectivity index (χ1) is 14.4. The Hall–Kier alpha value is -2.15. The number of rotatable bonds is 5. The molecule has 1 nitrogen and oxygen atoms in total. The van der Waals surface area contributed by atoms with Crippen molar-refractivity contribution in [1.29, 1.82) is 0 Å². The third-order valence-electron chi connectivity index (χ3n) is 5.55. The Morgan fingerprint density at radius 2 is 1.85 bits per heavy atom. The Kier molecular flexibility index (Phi) is 3.83. The third kappa shape index (κ3) is 3.28. The van der Waals surface area contributed by atoms with E-state index in [1.54, 1.807) is 6.07 Å². The number of nitrogens with zero attached hydrogens (tertiary/aromatic N) is 1. The number of aryl methyl sites for hydroxylation is 3. The number of hydrogen-bond donors (Lipinski definition) is 0. The normalized spacial score (nSPS) is 15.4. The van der Waals surface area contributed by atoms with Gasteiger partial charge in [-0.15, -0.1) is 0 Å². The molecule has 0 unspecified atom stereocenters. The maximum absolute atomic E-state index is 8.28. The van der Waals surface area contributed by atoms with Gasteiger partial charge in [-0.05, 0) is 78.7 Å². The van der Waals surface area contributed by atoms with Crippen LogP contribution in [0.1, 0.15) is 68.6 Å². The molecule has 2 aromatic carbocycles. The van der Waals surface area contributed by atoms with Gasteiger partial charge in [-0.2, -0.15) is 0 Å². The van der Waals surface area contributed by atoms with Crippen LogP contribution in [0, 0.1) is 13.8 Å². The molecular weight excluding hydrogens is 314 g/mol. The van der Waals surface area contributed by atoms with Gasteiger partial charge in [-0.1, -0.05) is 39.0 Å². The van der Waals surface area contributed by atoms with Gasteiger partial charge < -0.3 is 0 Å². The van der Waals surface area contributed by atoms with Gasteiger partial charge in [0.2, 0.25) is 5.69 Å². The molecule has 3 aromatic rings. The lowest BCUT2D eigenvalue weighted by Gasteiger charge is -2.15. The average Bonchev–Trinajstić information content (AvgIpc) is 2.68. The molecule has 26 heavy (non-hydrogen) atoms. The molecule has 0 spiro atoms. The molecule has 0 saturated carbocycles. The highest BCUT2D eigenvalue weighted by Crippen LogP contribution is 2.33. The molecule has 1 heteroatoms. The van der Waals surface area contributed by atoms with Crippen LogP contribution in [0.3, 0.4) is 0 Å². The Morgan fingerprint density at radius 3 is 2.50 bits per heavy atom. The molecular formula is C25H32N+. The fourth-order valence-electron chi connectivity index (χ4n) is 3.96. The topological polar surface area (TPSA) is 3.88 Å². The third-order valence-corrected chi connectivity index (χ3v) is 5.55. The Balaban J connectivity index is 2.36. The van der Waals surface area contributed by atoms with E-state index in [0.29, 0.717) is 11.5 Å². The molecule has 136 valence electrons. The summed E-state index contributed by atoms with van der Waals surface area (Å²) in [5, 5.41) is 2.14. The molecule has 0 aliphatic carbocycles. The summed E-state index contributed by atoms with van der Waals surface area (Å²) < 4.78 is 42.4. The van der Waals surface area contributed by atoms with Crippen molar-refractivity contribution < 1.29 is 11.4 Å². The summed E-state index contributed by atoms with van der Waals surface area (Å²) in [5.41, 5.74) is 4.34. The maximum Gasteiger partial charge on any atom is 0.220 e. The van der Waals surface area contributed by atoms with Crippen LogP contribution in [-0.4, -0.2) is 0 Å². The molecule has 0 saturated heterocycles. The van der Waals surface area contributed by atoms with Gasteiger partial charge in [0, 0.05) is 12.9 Å². The highest BCUT2D eigenvalue weighted by atomic mass is 14.9. The lowest BCUT2D eigenvalue weighted by Crippen LogP contribution is -2.31. The largest absolute Gasteiger partial charge is 0.220 e. The van der Waals surface area contributed by atoms with Gasteiger partial charge >= 0.3 is 0 Å². The fraction of sp³-hybridized carbons (Fsp3) is 0.400. The summed E-state index contributed by atoms with van der Waals surface area (Å²) in [7, 11) is 1.95. The molecule has 0 aliphatic rings. The van der Waals surface area contributed by atoms with Crippen LogP contribution >= 0.6 is 0 Å². The van der Waals surface area contributed by atoms with Crippen molar-refractivity contribution in [2.24, 2.45) is 7.05 Å². The van der Waals surface area contributed by atoms with Crippen LogP contribution in [0.15, 0.2) is 42.6 Å². The van der Waals surface area contributed by atoms with E-state index in [9.17, 15) is 0 Å². The van der Waals surface area contributed by atoms with Gasteiger partial charge in [-0.3, -0.25) is 0 Å². The van der Waals surface area contributed by atoms with E-state index in [0.717, 1.165) is 40.4 Å². The smallest absolute Gasteiger partial charge is 0.200 e. The molecule has 0 radical (unpaired) electrons. The van der Waals surface area contributed by atoms with Crippen LogP contribution in [0.2, 0.25) is 0 Å². The first kappa shape index (κ1) is 13.1. The Morgan fingerprint density at radius 1 is 1.08 bits per heavy atom. The maximum atomic E-state index is 8.28. The monoisotopic (exact) mass is 351 g/mol. The number of hydrogen-bond acceptors (Lipinski definition) is 0. The van der Waals surface area contributed by atoms with Crippen molar-refractivity contribution in [2.75, 3.05) is 0 Å². The molecule has 0 N–H and O–H groups in total. The molecule has 0 aliphatic heterocycles. The van der Waals surface area contributed by atoms with E-state index in [1.165, 1.54) is 18.6 Å². The first-order valence-electron chi connectivity index (χ1n) is 12.0. The van der Waals surface area contributed by atoms with Gasteiger partial charge in [0.05, 0.1) is 10.9 Å². The second-order valence-corrected chi connectivity index (χ2v) is 7.08. The summed E-state index contributed by atoms with van der Waals surface area (Å²) in [6.07, 6.45) is 2.52. The summed E-state index contributed by atoms with van der Waals surface area (Å²) in [4.78, 5) is 0. The average molecular weight is 352 g/mol. The predicted molar refractivity (Wildman–Crippen MR) is 113 cm³/mol. The zero-order valence-corrected chi connectivity index (χ0v) is 16.5. The number of pyridine rings is 1. The van der Waals surface area contributed by atoms with E-state index in [-0.39, 0.29) is 5.56 Å². The molecule has 1 heterocycles. The number of fused-ring (bicyclic) bond motifs is 1. The zero-order valence-electron chi connectivity index (χ0n) is 21.5. The summed E-state index contributed by atoms with van der Waals surface area (Å²) >= 11 is 0. The fourth-order valence-corrected chi connectivity index (χ4v) is 3.96. The Bertz CT molecular complexity index is 1110. The minimum atomic E-state index is -2.31. The molecule has 3 rings (SSSR count). The van der Waals surface area contributed by atoms with E-state index in [1.807, 2.05) is 24.7 Å². The van der Waals surface area contributed by atoms with Crippen LogP contribution in [0.5, 0.6) is 0 Å². The highest BCUT2D eigenvalue weighted by molar-refractivity contribution is 5.94. The van der Waals surface area contributed by atoms with Crippen molar-refractivity contribution in [3.8, 4) is 11.3 Å². The predicted octanol–water partition coefficient (Wildman–Crippen LogP) is 6.41. The van der Waals surface area contributed by atoms with Crippen LogP contribution < -0.4 is 4.57 Å². The lowest BCUT2D eigenvalue weighted by molar-refractivity contribution is -0.659. The van der Waals surface area contributed by atoms with E-state index >= 15 is 0 Å². The number of benzene rings is 2. The van der Waals surface area contributed by atoms with Gasteiger partial charge in [-0.25, -0.2) is 4.57 Å². The second kappa shape index (κ2) is 7.61. The van der Waals surface area contributed by atoms with Crippen LogP contribution in [-0.2, 0) is 13.4 Å². The first-order valence-corrected chi connectivity index (χ1v) is 9.46. The number of aromatic nitrogens is 1. The summed E-state index contributed by atoms with van der Waals surface area (Å²) in [6, 6.07) is 11.8. The van der Waals surface area contributed by atoms with E-state index in [2.05, 4.69) is 38.1 Å². The SMILES string of the molecule is [2H]C([2H])([2H])c1cc(-c2c3ccc(C(CC)CC)cc3cc[n+]2C)c(C)c(C([2H])([2H])C)c1. The molecule has 1 aromatic heterocycles. The van der Waals surface area contributed by atoms with E-state index in [4.69, 9.17) is 6.85 Å². The molecule has 0 bridgehead atoms. The van der Waals surface area contributed by atoms with Crippen LogP contribution in [0.25, 0.3) is 22.0 Å². The van der Waals surface area contributed by atoms with E-state index < -0.39 is 13.2 Å². The van der Waals surface area contributed by atoms with Crippen molar-refractivity contribution >= 4 is 10.8 Å². The van der Waals surface area contributed by atoms with Crippen molar-refractivity contribution in [2.45, 2.75) is 59.7 Å². The Labute approximate surface area is 165 Å². The quantitative estimate of drug-likeness (QED) is 0.467. The summed E-state index contributed by atoms with van der Waals surface area (Å²) in [5.74, 6) is 0.515. The molecule has 0 atom stereocenters. The zero-order chi connectivity index (χ0) is 23.1. The summed E-state index contributed by atoms with van der Waals surface area (Å²) in [6.45, 7) is 5.46. The highest BCUT2D eigenvalue weighted by Gasteiger charge is 2.19. The second-order valence-electron chi connectivity index (χ2n) is 7.08. The van der Waals surface area contributed by atoms with Crippen molar-refractivity contribution in [3.63, 3.8) is 0 Å². The van der Waals surface area contributed by atoms with Crippen LogP contribution in [0.4, 0.5) is 0 Å². The molecule has 0 fully saturated rings. The van der Waals surface area contributed by atoms with Crippen molar-refractivity contribution in [1.82, 2.24) is 0 Å². The van der Waals surface area contributed by atoms with Gasteiger partial charge in [0.25, 0.3) is 0 Å². The van der Waals surface area contributed by atoms with Gasteiger partial charge in [0.1, 0.15) is 7.05 Å². The van der Waals surface area contributed by atoms with Gasteiger partial charge in [0.15, 0.2) is 6.20 Å². The minimum absolute atomic E-state index is 0.166.